The molecule has 0 atom stereocenters. The SMILES string of the molecule is NC(=S)c1cccc(COc2cc(Br)cc(F)c2F)c1F. The van der Waals surface area contributed by atoms with Gasteiger partial charge in [-0.3, -0.25) is 0 Å². The smallest absolute Gasteiger partial charge is 0.200 e. The van der Waals surface area contributed by atoms with Crippen molar-refractivity contribution in [3.63, 3.8) is 0 Å². The number of benzene rings is 2. The Morgan fingerprint density at radius 3 is 2.57 bits per heavy atom. The topological polar surface area (TPSA) is 35.2 Å². The van der Waals surface area contributed by atoms with E-state index in [0.29, 0.717) is 4.47 Å². The average molecular weight is 376 g/mol. The third kappa shape index (κ3) is 3.54. The van der Waals surface area contributed by atoms with E-state index in [9.17, 15) is 13.2 Å². The number of ether oxygens (including phenoxy) is 1. The van der Waals surface area contributed by atoms with E-state index in [2.05, 4.69) is 15.9 Å². The molecule has 0 unspecified atom stereocenters. The van der Waals surface area contributed by atoms with Gasteiger partial charge in [0, 0.05) is 15.6 Å². The minimum Gasteiger partial charge on any atom is -0.486 e. The predicted molar refractivity (Wildman–Crippen MR) is 80.7 cm³/mol. The summed E-state index contributed by atoms with van der Waals surface area (Å²) in [5.41, 5.74) is 5.60. The molecule has 21 heavy (non-hydrogen) atoms. The van der Waals surface area contributed by atoms with Crippen LogP contribution in [0.25, 0.3) is 0 Å². The van der Waals surface area contributed by atoms with Crippen LogP contribution < -0.4 is 10.5 Å². The molecular formula is C14H9BrF3NOS. The fourth-order valence-electron chi connectivity index (χ4n) is 1.67. The second kappa shape index (κ2) is 6.44. The summed E-state index contributed by atoms with van der Waals surface area (Å²) in [6, 6.07) is 6.65. The maximum atomic E-state index is 14.1. The average Bonchev–Trinajstić information content (AvgIpc) is 2.42. The van der Waals surface area contributed by atoms with Gasteiger partial charge in [-0.15, -0.1) is 0 Å². The van der Waals surface area contributed by atoms with Crippen molar-refractivity contribution in [3.05, 3.63) is 63.4 Å². The number of hydrogen-bond acceptors (Lipinski definition) is 2. The Labute approximate surface area is 132 Å². The summed E-state index contributed by atoms with van der Waals surface area (Å²) in [7, 11) is 0. The molecule has 0 fully saturated rings. The lowest BCUT2D eigenvalue weighted by atomic mass is 10.1. The van der Waals surface area contributed by atoms with Gasteiger partial charge in [-0.25, -0.2) is 8.78 Å². The Bertz CT molecular complexity index is 709. The molecule has 0 aliphatic heterocycles. The van der Waals surface area contributed by atoms with Crippen molar-refractivity contribution >= 4 is 33.1 Å². The molecule has 2 rings (SSSR count). The molecule has 2 aromatic carbocycles. The zero-order valence-electron chi connectivity index (χ0n) is 10.5. The molecule has 110 valence electrons. The highest BCUT2D eigenvalue weighted by atomic mass is 79.9. The Morgan fingerprint density at radius 1 is 1.19 bits per heavy atom. The van der Waals surface area contributed by atoms with Crippen molar-refractivity contribution in [3.8, 4) is 5.75 Å². The molecule has 0 bridgehead atoms. The van der Waals surface area contributed by atoms with Crippen LogP contribution in [-0.2, 0) is 6.61 Å². The molecule has 0 heterocycles. The van der Waals surface area contributed by atoms with E-state index in [0.717, 1.165) is 6.07 Å². The van der Waals surface area contributed by atoms with E-state index in [1.165, 1.54) is 18.2 Å². The molecule has 0 radical (unpaired) electrons. The van der Waals surface area contributed by atoms with E-state index in [1.54, 1.807) is 6.07 Å². The van der Waals surface area contributed by atoms with Gasteiger partial charge in [0.1, 0.15) is 17.4 Å². The molecule has 0 saturated heterocycles. The van der Waals surface area contributed by atoms with E-state index in [1.807, 2.05) is 0 Å². The lowest BCUT2D eigenvalue weighted by Crippen LogP contribution is -2.13. The van der Waals surface area contributed by atoms with Crippen molar-refractivity contribution in [1.82, 2.24) is 0 Å². The summed E-state index contributed by atoms with van der Waals surface area (Å²) in [5.74, 6) is -3.15. The summed E-state index contributed by atoms with van der Waals surface area (Å²) < 4.78 is 46.3. The van der Waals surface area contributed by atoms with Crippen LogP contribution in [0.15, 0.2) is 34.8 Å². The zero-order valence-corrected chi connectivity index (χ0v) is 12.9. The Morgan fingerprint density at radius 2 is 1.90 bits per heavy atom. The van der Waals surface area contributed by atoms with Gasteiger partial charge in [-0.2, -0.15) is 4.39 Å². The van der Waals surface area contributed by atoms with Crippen LogP contribution in [0.1, 0.15) is 11.1 Å². The maximum absolute atomic E-state index is 14.1. The van der Waals surface area contributed by atoms with Gasteiger partial charge in [0.25, 0.3) is 0 Å². The molecule has 2 nitrogen and oxygen atoms in total. The first-order chi connectivity index (χ1) is 9.90. The van der Waals surface area contributed by atoms with E-state index < -0.39 is 17.5 Å². The van der Waals surface area contributed by atoms with Crippen molar-refractivity contribution in [1.29, 1.82) is 0 Å². The second-order valence-corrected chi connectivity index (χ2v) is 5.49. The molecule has 0 amide bonds. The Kier molecular flexibility index (Phi) is 4.84. The van der Waals surface area contributed by atoms with Gasteiger partial charge >= 0.3 is 0 Å². The molecule has 2 aromatic rings. The van der Waals surface area contributed by atoms with E-state index >= 15 is 0 Å². The van der Waals surface area contributed by atoms with Gasteiger partial charge in [0.05, 0.1) is 0 Å². The first-order valence-corrected chi connectivity index (χ1v) is 6.95. The lowest BCUT2D eigenvalue weighted by molar-refractivity contribution is 0.279. The molecule has 0 aromatic heterocycles. The summed E-state index contributed by atoms with van der Waals surface area (Å²) in [6.45, 7) is -0.283. The monoisotopic (exact) mass is 375 g/mol. The van der Waals surface area contributed by atoms with Gasteiger partial charge in [0.15, 0.2) is 11.6 Å². The molecule has 0 saturated carbocycles. The Hall–Kier alpha value is -1.60. The van der Waals surface area contributed by atoms with Crippen molar-refractivity contribution in [2.45, 2.75) is 6.61 Å². The first-order valence-electron chi connectivity index (χ1n) is 5.74. The van der Waals surface area contributed by atoms with Crippen LogP contribution in [0.3, 0.4) is 0 Å². The summed E-state index contributed by atoms with van der Waals surface area (Å²) in [5, 5.41) is 0. The molecular weight excluding hydrogens is 367 g/mol. The molecule has 0 aliphatic rings. The third-order valence-corrected chi connectivity index (χ3v) is 3.36. The molecule has 2 N–H and O–H groups in total. The highest BCUT2D eigenvalue weighted by Gasteiger charge is 2.14. The van der Waals surface area contributed by atoms with Gasteiger partial charge in [-0.1, -0.05) is 40.3 Å². The normalized spacial score (nSPS) is 10.5. The van der Waals surface area contributed by atoms with E-state index in [-0.39, 0.29) is 28.5 Å². The van der Waals surface area contributed by atoms with Crippen LogP contribution in [-0.4, -0.2) is 4.99 Å². The van der Waals surface area contributed by atoms with E-state index in [4.69, 9.17) is 22.7 Å². The number of nitrogens with two attached hydrogens (primary N) is 1. The van der Waals surface area contributed by atoms with Crippen LogP contribution in [0.2, 0.25) is 0 Å². The first kappa shape index (κ1) is 15.8. The molecule has 0 aliphatic carbocycles. The van der Waals surface area contributed by atoms with Crippen LogP contribution >= 0.6 is 28.1 Å². The lowest BCUT2D eigenvalue weighted by Gasteiger charge is -2.10. The van der Waals surface area contributed by atoms with Crippen LogP contribution in [0.4, 0.5) is 13.2 Å². The van der Waals surface area contributed by atoms with Crippen molar-refractivity contribution in [2.75, 3.05) is 0 Å². The van der Waals surface area contributed by atoms with Gasteiger partial charge in [-0.05, 0) is 18.2 Å². The maximum Gasteiger partial charge on any atom is 0.200 e. The standard InChI is InChI=1S/C14H9BrF3NOS/c15-8-4-10(16)13(18)11(5-8)20-6-7-2-1-3-9(12(7)17)14(19)21/h1-5H,6H2,(H2,19,21). The molecule has 0 spiro atoms. The van der Waals surface area contributed by atoms with Crippen LogP contribution in [0.5, 0.6) is 5.75 Å². The summed E-state index contributed by atoms with van der Waals surface area (Å²) in [4.78, 5) is -0.0889. The molecule has 7 heteroatoms. The van der Waals surface area contributed by atoms with Gasteiger partial charge < -0.3 is 10.5 Å². The van der Waals surface area contributed by atoms with Crippen molar-refractivity contribution in [2.24, 2.45) is 5.73 Å². The fraction of sp³-hybridized carbons (Fsp3) is 0.0714. The van der Waals surface area contributed by atoms with Crippen LogP contribution in [0, 0.1) is 17.5 Å². The summed E-state index contributed by atoms with van der Waals surface area (Å²) in [6.07, 6.45) is 0. The zero-order chi connectivity index (χ0) is 15.6. The quantitative estimate of drug-likeness (QED) is 0.645. The number of halogens is 4. The third-order valence-electron chi connectivity index (χ3n) is 2.69. The summed E-state index contributed by atoms with van der Waals surface area (Å²) >= 11 is 7.75. The highest BCUT2D eigenvalue weighted by molar-refractivity contribution is 9.10. The predicted octanol–water partition coefficient (Wildman–Crippen LogP) is 4.08. The highest BCUT2D eigenvalue weighted by Crippen LogP contribution is 2.26. The second-order valence-electron chi connectivity index (χ2n) is 4.13. The number of thiocarbonyl (C=S) groups is 1. The largest absolute Gasteiger partial charge is 0.486 e. The van der Waals surface area contributed by atoms with Crippen molar-refractivity contribution < 1.29 is 17.9 Å². The fourth-order valence-corrected chi connectivity index (χ4v) is 2.24. The minimum absolute atomic E-state index is 0.0759. The number of hydrogen-bond donors (Lipinski definition) is 1. The number of rotatable bonds is 4. The minimum atomic E-state index is -1.14. The van der Waals surface area contributed by atoms with Gasteiger partial charge in [0.2, 0.25) is 5.82 Å². The Balaban J connectivity index is 2.25.